The Bertz CT molecular complexity index is 633. The average Bonchev–Trinajstić information content (AvgIpc) is 2.44. The normalized spacial score (nSPS) is 14.6. The first-order valence-corrected chi connectivity index (χ1v) is 9.16. The predicted molar refractivity (Wildman–Crippen MR) is 81.0 cm³/mol. The number of carbonyl (C=O) groups is 1. The highest BCUT2D eigenvalue weighted by Gasteiger charge is 2.31. The molecule has 0 aliphatic rings. The summed E-state index contributed by atoms with van der Waals surface area (Å²) in [7, 11) is -4.88. The smallest absolute Gasteiger partial charge is 0.341 e. The molecule has 1 rings (SSSR count). The third kappa shape index (κ3) is 4.65. The molecule has 5 nitrogen and oxygen atoms in total. The lowest BCUT2D eigenvalue weighted by atomic mass is 10.1. The van der Waals surface area contributed by atoms with Crippen LogP contribution in [0.1, 0.15) is 17.3 Å². The van der Waals surface area contributed by atoms with Crippen LogP contribution in [0.5, 0.6) is 0 Å². The van der Waals surface area contributed by atoms with Crippen LogP contribution in [0.4, 0.5) is 8.78 Å². The first-order valence-electron chi connectivity index (χ1n) is 6.22. The molecule has 0 aliphatic heterocycles. The Balaban J connectivity index is 3.01. The molecule has 0 saturated carbocycles. The number of thioether (sulfide) groups is 1. The third-order valence-electron chi connectivity index (χ3n) is 2.76. The van der Waals surface area contributed by atoms with Crippen LogP contribution in [-0.4, -0.2) is 49.3 Å². The van der Waals surface area contributed by atoms with Crippen molar-refractivity contribution in [3.8, 4) is 0 Å². The second kappa shape index (κ2) is 7.38. The van der Waals surface area contributed by atoms with E-state index in [1.165, 1.54) is 30.8 Å². The number of nitrogens with one attached hydrogen (secondary N) is 1. The molecule has 0 saturated heterocycles. The van der Waals surface area contributed by atoms with E-state index >= 15 is 0 Å². The average molecular weight is 353 g/mol. The Labute approximate surface area is 132 Å². The molecule has 1 aromatic rings. The Morgan fingerprint density at radius 3 is 2.55 bits per heavy atom. The summed E-state index contributed by atoms with van der Waals surface area (Å²) in [5, 5.41) is 12.3. The van der Waals surface area contributed by atoms with E-state index in [9.17, 15) is 27.1 Å². The summed E-state index contributed by atoms with van der Waals surface area (Å²) in [4.78, 5) is 11.3. The van der Waals surface area contributed by atoms with Crippen LogP contribution in [-0.2, 0) is 9.84 Å². The largest absolute Gasteiger partial charge is 0.387 e. The summed E-state index contributed by atoms with van der Waals surface area (Å²) in [6.45, 7) is 1.38. The quantitative estimate of drug-likeness (QED) is 0.777. The van der Waals surface area contributed by atoms with Gasteiger partial charge in [0.2, 0.25) is 9.84 Å². The molecule has 0 heterocycles. The Morgan fingerprint density at radius 2 is 2.00 bits per heavy atom. The summed E-state index contributed by atoms with van der Waals surface area (Å²) < 4.78 is 48.5. The molecule has 0 fully saturated rings. The first-order chi connectivity index (χ1) is 10.1. The minimum Gasteiger partial charge on any atom is -0.387 e. The fourth-order valence-electron chi connectivity index (χ4n) is 1.73. The Kier molecular flexibility index (Phi) is 6.33. The number of rotatable bonds is 7. The van der Waals surface area contributed by atoms with E-state index in [2.05, 4.69) is 5.32 Å². The third-order valence-corrected chi connectivity index (χ3v) is 5.11. The summed E-state index contributed by atoms with van der Waals surface area (Å²) in [5.74, 6) is -4.09. The van der Waals surface area contributed by atoms with E-state index in [-0.39, 0.29) is 12.1 Å². The van der Waals surface area contributed by atoms with Crippen molar-refractivity contribution in [3.63, 3.8) is 0 Å². The van der Waals surface area contributed by atoms with E-state index in [0.29, 0.717) is 5.75 Å². The van der Waals surface area contributed by atoms with Crippen molar-refractivity contribution < 1.29 is 27.1 Å². The molecule has 0 radical (unpaired) electrons. The summed E-state index contributed by atoms with van der Waals surface area (Å²) in [5.41, 5.74) is -1.56. The molecule has 0 bridgehead atoms. The lowest BCUT2D eigenvalue weighted by Crippen LogP contribution is -2.42. The molecule has 0 aliphatic carbocycles. The Hall–Kier alpha value is -1.19. The lowest BCUT2D eigenvalue weighted by molar-refractivity contribution is 0.0723. The SMILES string of the molecule is CSC[C@@](C)(O)CNC(=O)c1ccccc1S(=O)(=O)C(F)F. The maximum absolute atomic E-state index is 12.7. The van der Waals surface area contributed by atoms with Crippen molar-refractivity contribution >= 4 is 27.5 Å². The molecule has 1 aromatic carbocycles. The van der Waals surface area contributed by atoms with Gasteiger partial charge in [-0.05, 0) is 25.3 Å². The van der Waals surface area contributed by atoms with Crippen molar-refractivity contribution in [1.29, 1.82) is 0 Å². The van der Waals surface area contributed by atoms with Crippen molar-refractivity contribution in [2.45, 2.75) is 23.2 Å². The van der Waals surface area contributed by atoms with E-state index < -0.39 is 32.0 Å². The van der Waals surface area contributed by atoms with Crippen LogP contribution in [0.15, 0.2) is 29.2 Å². The fraction of sp³-hybridized carbons (Fsp3) is 0.462. The summed E-state index contributed by atoms with van der Waals surface area (Å²) >= 11 is 1.37. The predicted octanol–water partition coefficient (Wildman–Crippen LogP) is 1.53. The molecule has 9 heteroatoms. The zero-order valence-electron chi connectivity index (χ0n) is 12.0. The van der Waals surface area contributed by atoms with Gasteiger partial charge in [0, 0.05) is 12.3 Å². The highest BCUT2D eigenvalue weighted by atomic mass is 32.2. The van der Waals surface area contributed by atoms with Gasteiger partial charge in [-0.1, -0.05) is 12.1 Å². The van der Waals surface area contributed by atoms with E-state index in [0.717, 1.165) is 12.1 Å². The van der Waals surface area contributed by atoms with Crippen molar-refractivity contribution in [2.75, 3.05) is 18.6 Å². The maximum Gasteiger partial charge on any atom is 0.341 e. The van der Waals surface area contributed by atoms with Crippen LogP contribution in [0.25, 0.3) is 0 Å². The van der Waals surface area contributed by atoms with Gasteiger partial charge in [0.25, 0.3) is 5.91 Å². The van der Waals surface area contributed by atoms with Gasteiger partial charge in [-0.25, -0.2) is 8.42 Å². The molecule has 0 unspecified atom stereocenters. The van der Waals surface area contributed by atoms with Crippen LogP contribution < -0.4 is 5.32 Å². The molecule has 2 N–H and O–H groups in total. The van der Waals surface area contributed by atoms with E-state index in [1.54, 1.807) is 6.26 Å². The van der Waals surface area contributed by atoms with E-state index in [4.69, 9.17) is 0 Å². The highest BCUT2D eigenvalue weighted by Crippen LogP contribution is 2.22. The molecule has 1 atom stereocenters. The fourth-order valence-corrected chi connectivity index (χ4v) is 3.38. The molecule has 1 amide bonds. The molecular weight excluding hydrogens is 336 g/mol. The number of aliphatic hydroxyl groups is 1. The highest BCUT2D eigenvalue weighted by molar-refractivity contribution is 7.98. The van der Waals surface area contributed by atoms with Gasteiger partial charge in [0.15, 0.2) is 0 Å². The molecule has 0 spiro atoms. The minimum absolute atomic E-state index is 0.129. The van der Waals surface area contributed by atoms with Crippen LogP contribution in [0.3, 0.4) is 0 Å². The molecule has 0 aromatic heterocycles. The number of sulfone groups is 1. The number of hydrogen-bond donors (Lipinski definition) is 2. The number of alkyl halides is 2. The van der Waals surface area contributed by atoms with Gasteiger partial charge in [-0.3, -0.25) is 4.79 Å². The van der Waals surface area contributed by atoms with Crippen LogP contribution >= 0.6 is 11.8 Å². The number of carbonyl (C=O) groups excluding carboxylic acids is 1. The zero-order valence-corrected chi connectivity index (χ0v) is 13.7. The van der Waals surface area contributed by atoms with Gasteiger partial charge in [-0.2, -0.15) is 20.5 Å². The van der Waals surface area contributed by atoms with E-state index in [1.807, 2.05) is 0 Å². The topological polar surface area (TPSA) is 83.5 Å². The number of benzene rings is 1. The van der Waals surface area contributed by atoms with Gasteiger partial charge in [-0.15, -0.1) is 0 Å². The molecular formula is C13H17F2NO4S2. The zero-order chi connectivity index (χ0) is 17.0. The standard InChI is InChI=1S/C13H17F2NO4S2/c1-13(18,8-21-2)7-16-11(17)9-5-3-4-6-10(9)22(19,20)12(14)15/h3-6,12,18H,7-8H2,1-2H3,(H,16,17)/t13-/m0/s1. The van der Waals surface area contributed by atoms with Crippen molar-refractivity contribution in [2.24, 2.45) is 0 Å². The molecule has 22 heavy (non-hydrogen) atoms. The number of halogens is 2. The molecule has 124 valence electrons. The first kappa shape index (κ1) is 18.9. The van der Waals surface area contributed by atoms with Crippen molar-refractivity contribution in [1.82, 2.24) is 5.32 Å². The van der Waals surface area contributed by atoms with Gasteiger partial charge >= 0.3 is 5.76 Å². The summed E-state index contributed by atoms with van der Waals surface area (Å²) in [6, 6.07) is 4.74. The van der Waals surface area contributed by atoms with Crippen LogP contribution in [0.2, 0.25) is 0 Å². The second-order valence-electron chi connectivity index (χ2n) is 4.91. The Morgan fingerprint density at radius 1 is 1.41 bits per heavy atom. The van der Waals surface area contributed by atoms with Gasteiger partial charge < -0.3 is 10.4 Å². The van der Waals surface area contributed by atoms with Gasteiger partial charge in [0.05, 0.1) is 16.1 Å². The second-order valence-corrected chi connectivity index (χ2v) is 7.67. The number of hydrogen-bond acceptors (Lipinski definition) is 5. The monoisotopic (exact) mass is 353 g/mol. The lowest BCUT2D eigenvalue weighted by Gasteiger charge is -2.22. The van der Waals surface area contributed by atoms with Crippen molar-refractivity contribution in [3.05, 3.63) is 29.8 Å². The van der Waals surface area contributed by atoms with Crippen LogP contribution in [0, 0.1) is 0 Å². The van der Waals surface area contributed by atoms with Gasteiger partial charge in [0.1, 0.15) is 0 Å². The minimum atomic E-state index is -4.88. The number of amides is 1. The maximum atomic E-state index is 12.7. The summed E-state index contributed by atoms with van der Waals surface area (Å²) in [6.07, 6.45) is 1.78.